The molecule has 2 atom stereocenters. The standard InChI is InChI=1S/C12H26O5Si/c1-5-10-18(14-6-2,15-7-3)17-11(4)16-12-8-9-13-12/h11-12H,5-10H2,1-4H3. The lowest BCUT2D eigenvalue weighted by Gasteiger charge is -2.34. The van der Waals surface area contributed by atoms with Crippen molar-refractivity contribution in [1.82, 2.24) is 0 Å². The number of hydrogen-bond donors (Lipinski definition) is 0. The maximum absolute atomic E-state index is 5.96. The van der Waals surface area contributed by atoms with Crippen LogP contribution in [-0.4, -0.2) is 41.2 Å². The minimum absolute atomic E-state index is 0.128. The van der Waals surface area contributed by atoms with Gasteiger partial charge in [0.2, 0.25) is 0 Å². The summed E-state index contributed by atoms with van der Waals surface area (Å²) in [4.78, 5) is 0. The highest BCUT2D eigenvalue weighted by molar-refractivity contribution is 6.60. The highest BCUT2D eigenvalue weighted by Crippen LogP contribution is 2.22. The van der Waals surface area contributed by atoms with Crippen molar-refractivity contribution in [2.24, 2.45) is 0 Å². The van der Waals surface area contributed by atoms with Crippen LogP contribution in [0.2, 0.25) is 6.04 Å². The second-order valence-corrected chi connectivity index (χ2v) is 6.89. The predicted molar refractivity (Wildman–Crippen MR) is 70.1 cm³/mol. The number of ether oxygens (including phenoxy) is 2. The molecule has 1 aliphatic rings. The van der Waals surface area contributed by atoms with Crippen molar-refractivity contribution in [3.8, 4) is 0 Å². The molecule has 0 aliphatic carbocycles. The zero-order valence-corrected chi connectivity index (χ0v) is 12.9. The van der Waals surface area contributed by atoms with Crippen molar-refractivity contribution >= 4 is 8.80 Å². The summed E-state index contributed by atoms with van der Waals surface area (Å²) in [5.74, 6) is 0. The molecule has 0 aromatic carbocycles. The Morgan fingerprint density at radius 3 is 2.22 bits per heavy atom. The molecule has 0 bridgehead atoms. The Kier molecular flexibility index (Phi) is 7.36. The van der Waals surface area contributed by atoms with E-state index in [0.717, 1.165) is 25.5 Å². The third-order valence-electron chi connectivity index (χ3n) is 2.63. The molecule has 6 heteroatoms. The zero-order chi connectivity index (χ0) is 13.4. The highest BCUT2D eigenvalue weighted by Gasteiger charge is 2.42. The monoisotopic (exact) mass is 278 g/mol. The third kappa shape index (κ3) is 4.95. The molecule has 0 saturated carbocycles. The predicted octanol–water partition coefficient (Wildman–Crippen LogP) is 2.53. The molecule has 0 amide bonds. The molecule has 0 aromatic rings. The quantitative estimate of drug-likeness (QED) is 0.454. The summed E-state index contributed by atoms with van der Waals surface area (Å²) in [7, 11) is -2.59. The van der Waals surface area contributed by atoms with Gasteiger partial charge in [-0.2, -0.15) is 0 Å². The first-order chi connectivity index (χ1) is 8.65. The van der Waals surface area contributed by atoms with Crippen molar-refractivity contribution < 1.29 is 22.8 Å². The maximum Gasteiger partial charge on any atom is 0.502 e. The molecule has 1 aliphatic heterocycles. The van der Waals surface area contributed by atoms with Gasteiger partial charge in [-0.05, 0) is 20.8 Å². The Balaban J connectivity index is 2.50. The van der Waals surface area contributed by atoms with Crippen LogP contribution >= 0.6 is 0 Å². The van der Waals surface area contributed by atoms with Crippen molar-refractivity contribution in [3.05, 3.63) is 0 Å². The van der Waals surface area contributed by atoms with E-state index in [0.29, 0.717) is 13.2 Å². The minimum Gasteiger partial charge on any atom is -0.374 e. The third-order valence-corrected chi connectivity index (χ3v) is 5.89. The maximum atomic E-state index is 5.96. The van der Waals surface area contributed by atoms with Gasteiger partial charge < -0.3 is 22.8 Å². The normalized spacial score (nSPS) is 21.7. The molecule has 1 rings (SSSR count). The first-order valence-electron chi connectivity index (χ1n) is 6.88. The van der Waals surface area contributed by atoms with Gasteiger partial charge in [0.05, 0.1) is 6.61 Å². The van der Waals surface area contributed by atoms with Gasteiger partial charge in [0.1, 0.15) is 0 Å². The molecule has 1 fully saturated rings. The largest absolute Gasteiger partial charge is 0.502 e. The van der Waals surface area contributed by atoms with Crippen molar-refractivity contribution in [3.63, 3.8) is 0 Å². The van der Waals surface area contributed by atoms with E-state index in [-0.39, 0.29) is 12.6 Å². The van der Waals surface area contributed by atoms with E-state index < -0.39 is 8.80 Å². The van der Waals surface area contributed by atoms with E-state index in [2.05, 4.69) is 6.92 Å². The summed E-state index contributed by atoms with van der Waals surface area (Å²) in [6.45, 7) is 9.85. The van der Waals surface area contributed by atoms with E-state index >= 15 is 0 Å². The molecular formula is C12H26O5Si. The van der Waals surface area contributed by atoms with E-state index in [1.165, 1.54) is 0 Å². The SMILES string of the molecule is CCC[Si](OCC)(OCC)OC(C)OC1CCO1. The van der Waals surface area contributed by atoms with E-state index in [1.54, 1.807) is 0 Å². The minimum atomic E-state index is -2.59. The van der Waals surface area contributed by atoms with Gasteiger partial charge in [-0.1, -0.05) is 13.3 Å². The fraction of sp³-hybridized carbons (Fsp3) is 1.00. The van der Waals surface area contributed by atoms with Crippen LogP contribution in [-0.2, 0) is 22.8 Å². The molecular weight excluding hydrogens is 252 g/mol. The van der Waals surface area contributed by atoms with Crippen molar-refractivity contribution in [2.45, 2.75) is 59.2 Å². The fourth-order valence-corrected chi connectivity index (χ4v) is 4.55. The Labute approximate surface area is 111 Å². The molecule has 18 heavy (non-hydrogen) atoms. The molecule has 0 aromatic heterocycles. The Morgan fingerprint density at radius 1 is 1.22 bits per heavy atom. The highest BCUT2D eigenvalue weighted by atomic mass is 28.4. The van der Waals surface area contributed by atoms with Crippen LogP contribution in [0.3, 0.4) is 0 Å². The molecule has 108 valence electrons. The van der Waals surface area contributed by atoms with Crippen molar-refractivity contribution in [2.75, 3.05) is 19.8 Å². The Hall–Kier alpha value is 0.0169. The molecule has 0 radical (unpaired) electrons. The van der Waals surface area contributed by atoms with Crippen LogP contribution in [0.25, 0.3) is 0 Å². The molecule has 0 N–H and O–H groups in total. The first-order valence-corrected chi connectivity index (χ1v) is 8.81. The second-order valence-electron chi connectivity index (χ2n) is 4.21. The average Bonchev–Trinajstić information content (AvgIpc) is 2.24. The van der Waals surface area contributed by atoms with Gasteiger partial charge in [0.25, 0.3) is 0 Å². The average molecular weight is 278 g/mol. The zero-order valence-electron chi connectivity index (χ0n) is 11.9. The summed E-state index contributed by atoms with van der Waals surface area (Å²) in [5, 5.41) is 0. The van der Waals surface area contributed by atoms with Crippen molar-refractivity contribution in [1.29, 1.82) is 0 Å². The molecule has 2 unspecified atom stereocenters. The lowest BCUT2D eigenvalue weighted by molar-refractivity contribution is -0.272. The first kappa shape index (κ1) is 16.1. The van der Waals surface area contributed by atoms with Gasteiger partial charge >= 0.3 is 8.80 Å². The molecule has 1 saturated heterocycles. The summed E-state index contributed by atoms with van der Waals surface area (Å²) >= 11 is 0. The summed E-state index contributed by atoms with van der Waals surface area (Å²) < 4.78 is 28.4. The van der Waals surface area contributed by atoms with Crippen LogP contribution in [0.5, 0.6) is 0 Å². The van der Waals surface area contributed by atoms with Gasteiger partial charge in [-0.3, -0.25) is 0 Å². The van der Waals surface area contributed by atoms with Gasteiger partial charge in [0, 0.05) is 25.7 Å². The van der Waals surface area contributed by atoms with E-state index in [9.17, 15) is 0 Å². The van der Waals surface area contributed by atoms with Crippen LogP contribution in [0.1, 0.15) is 40.5 Å². The van der Waals surface area contributed by atoms with Crippen LogP contribution in [0.4, 0.5) is 0 Å². The lowest BCUT2D eigenvalue weighted by atomic mass is 10.3. The smallest absolute Gasteiger partial charge is 0.374 e. The van der Waals surface area contributed by atoms with E-state index in [4.69, 9.17) is 22.8 Å². The van der Waals surface area contributed by atoms with Gasteiger partial charge in [-0.15, -0.1) is 0 Å². The second kappa shape index (κ2) is 8.24. The topological polar surface area (TPSA) is 46.2 Å². The summed E-state index contributed by atoms with van der Waals surface area (Å²) in [6, 6.07) is 0.813. The fourth-order valence-electron chi connectivity index (χ4n) is 1.87. The molecule has 5 nitrogen and oxygen atoms in total. The molecule has 1 heterocycles. The summed E-state index contributed by atoms with van der Waals surface area (Å²) in [5.41, 5.74) is 0. The lowest BCUT2D eigenvalue weighted by Crippen LogP contribution is -2.49. The van der Waals surface area contributed by atoms with Crippen LogP contribution < -0.4 is 0 Å². The van der Waals surface area contributed by atoms with Gasteiger partial charge in [-0.25, -0.2) is 0 Å². The van der Waals surface area contributed by atoms with Crippen LogP contribution in [0, 0.1) is 0 Å². The van der Waals surface area contributed by atoms with E-state index in [1.807, 2.05) is 20.8 Å². The van der Waals surface area contributed by atoms with Gasteiger partial charge in [0.15, 0.2) is 12.6 Å². The van der Waals surface area contributed by atoms with Crippen LogP contribution in [0.15, 0.2) is 0 Å². The Morgan fingerprint density at radius 2 is 1.83 bits per heavy atom. The number of rotatable bonds is 10. The Bertz CT molecular complexity index is 205. The molecule has 0 spiro atoms. The summed E-state index contributed by atoms with van der Waals surface area (Å²) in [6.07, 6.45) is 1.42. The number of hydrogen-bond acceptors (Lipinski definition) is 5.